The fraction of sp³-hybridized carbons (Fsp3) is 0.421. The third-order valence-corrected chi connectivity index (χ3v) is 5.43. The van der Waals surface area contributed by atoms with Gasteiger partial charge >= 0.3 is 0 Å². The zero-order chi connectivity index (χ0) is 18.4. The third kappa shape index (κ3) is 4.67. The number of ketones is 1. The van der Waals surface area contributed by atoms with Gasteiger partial charge in [0, 0.05) is 30.1 Å². The number of ether oxygens (including phenoxy) is 2. The lowest BCUT2D eigenvalue weighted by Crippen LogP contribution is -2.43. The van der Waals surface area contributed by atoms with Crippen molar-refractivity contribution in [3.63, 3.8) is 0 Å². The van der Waals surface area contributed by atoms with E-state index < -0.39 is 5.82 Å². The molecule has 0 saturated carbocycles. The van der Waals surface area contributed by atoms with Crippen molar-refractivity contribution in [2.75, 3.05) is 46.5 Å². The van der Waals surface area contributed by atoms with E-state index in [1.165, 1.54) is 24.1 Å². The van der Waals surface area contributed by atoms with Crippen LogP contribution in [0.3, 0.4) is 0 Å². The lowest BCUT2D eigenvalue weighted by molar-refractivity contribution is 0.0169. The number of rotatable bonds is 8. The maximum Gasteiger partial charge on any atom is 0.176 e. The number of morpholine rings is 1. The first-order valence-electron chi connectivity index (χ1n) is 8.61. The second-order valence-electron chi connectivity index (χ2n) is 6.08. The molecule has 0 aliphatic carbocycles. The number of halogens is 1. The molecule has 7 heteroatoms. The van der Waals surface area contributed by atoms with Gasteiger partial charge in [0.2, 0.25) is 0 Å². The zero-order valence-electron chi connectivity index (χ0n) is 14.7. The maximum atomic E-state index is 13.8. The van der Waals surface area contributed by atoms with E-state index in [0.29, 0.717) is 12.1 Å². The molecule has 2 aromatic rings. The Morgan fingerprint density at radius 3 is 2.85 bits per heavy atom. The van der Waals surface area contributed by atoms with Gasteiger partial charge in [-0.15, -0.1) is 11.3 Å². The maximum absolute atomic E-state index is 13.8. The van der Waals surface area contributed by atoms with Gasteiger partial charge in [-0.3, -0.25) is 9.69 Å². The van der Waals surface area contributed by atoms with Crippen LogP contribution in [0.5, 0.6) is 5.75 Å². The first kappa shape index (κ1) is 19.0. The van der Waals surface area contributed by atoms with E-state index in [9.17, 15) is 9.18 Å². The summed E-state index contributed by atoms with van der Waals surface area (Å²) in [6, 6.07) is 8.65. The molecule has 5 nitrogen and oxygen atoms in total. The average Bonchev–Trinajstić information content (AvgIpc) is 3.20. The summed E-state index contributed by atoms with van der Waals surface area (Å²) in [6.07, 6.45) is 0. The van der Waals surface area contributed by atoms with Crippen LogP contribution in [-0.2, 0) is 4.74 Å². The number of nitrogens with zero attached hydrogens (tertiary/aromatic N) is 1. The first-order chi connectivity index (χ1) is 12.7. The largest absolute Gasteiger partial charge is 0.494 e. The molecule has 0 amide bonds. The van der Waals surface area contributed by atoms with Gasteiger partial charge in [-0.25, -0.2) is 4.39 Å². The minimum atomic E-state index is -0.525. The number of hydrogen-bond acceptors (Lipinski definition) is 6. The second-order valence-corrected chi connectivity index (χ2v) is 7.06. The molecule has 0 bridgehead atoms. The van der Waals surface area contributed by atoms with Crippen molar-refractivity contribution in [3.8, 4) is 5.75 Å². The van der Waals surface area contributed by atoms with Crippen LogP contribution < -0.4 is 10.1 Å². The van der Waals surface area contributed by atoms with Crippen LogP contribution in [0.1, 0.15) is 21.3 Å². The Bertz CT molecular complexity index is 718. The van der Waals surface area contributed by atoms with Crippen molar-refractivity contribution in [2.24, 2.45) is 0 Å². The predicted molar refractivity (Wildman–Crippen MR) is 99.6 cm³/mol. The molecule has 0 spiro atoms. The summed E-state index contributed by atoms with van der Waals surface area (Å²) in [6.45, 7) is 4.03. The Morgan fingerprint density at radius 2 is 2.19 bits per heavy atom. The molecular weight excluding hydrogens is 355 g/mol. The van der Waals surface area contributed by atoms with Crippen LogP contribution in [0.15, 0.2) is 35.7 Å². The van der Waals surface area contributed by atoms with E-state index in [4.69, 9.17) is 9.47 Å². The van der Waals surface area contributed by atoms with Gasteiger partial charge in [0.05, 0.1) is 32.9 Å². The van der Waals surface area contributed by atoms with Crippen molar-refractivity contribution < 1.29 is 18.7 Å². The number of carbonyl (C=O) groups excluding carboxylic acids is 1. The number of nitrogens with one attached hydrogen (secondary N) is 1. The van der Waals surface area contributed by atoms with Crippen LogP contribution in [0.25, 0.3) is 0 Å². The fourth-order valence-electron chi connectivity index (χ4n) is 3.04. The van der Waals surface area contributed by atoms with E-state index in [1.54, 1.807) is 17.4 Å². The van der Waals surface area contributed by atoms with E-state index >= 15 is 0 Å². The van der Waals surface area contributed by atoms with Crippen LogP contribution >= 0.6 is 11.3 Å². The molecule has 1 saturated heterocycles. The van der Waals surface area contributed by atoms with Crippen molar-refractivity contribution >= 4 is 17.1 Å². The fourth-order valence-corrected chi connectivity index (χ4v) is 3.90. The van der Waals surface area contributed by atoms with Gasteiger partial charge in [-0.1, -0.05) is 6.07 Å². The average molecular weight is 378 g/mol. The summed E-state index contributed by atoms with van der Waals surface area (Å²) in [5.74, 6) is -0.527. The van der Waals surface area contributed by atoms with Crippen LogP contribution in [0.4, 0.5) is 4.39 Å². The van der Waals surface area contributed by atoms with Gasteiger partial charge in [-0.05, 0) is 29.6 Å². The SMILES string of the molecule is COc1ccc(C(=O)CNCC(c2cccs2)N2CCOCC2)cc1F. The molecule has 1 atom stereocenters. The number of hydrogen-bond donors (Lipinski definition) is 1. The monoisotopic (exact) mass is 378 g/mol. The Balaban J connectivity index is 1.59. The molecule has 1 N–H and O–H groups in total. The lowest BCUT2D eigenvalue weighted by Gasteiger charge is -2.34. The summed E-state index contributed by atoms with van der Waals surface area (Å²) in [7, 11) is 1.40. The Hall–Kier alpha value is -1.80. The summed E-state index contributed by atoms with van der Waals surface area (Å²) < 4.78 is 24.1. The Kier molecular flexibility index (Phi) is 6.73. The van der Waals surface area contributed by atoms with E-state index in [2.05, 4.69) is 21.7 Å². The van der Waals surface area contributed by atoms with E-state index in [0.717, 1.165) is 26.3 Å². The molecule has 1 fully saturated rings. The minimum Gasteiger partial charge on any atom is -0.494 e. The van der Waals surface area contributed by atoms with Crippen LogP contribution in [0, 0.1) is 5.82 Å². The highest BCUT2D eigenvalue weighted by Crippen LogP contribution is 2.25. The topological polar surface area (TPSA) is 50.8 Å². The molecule has 1 unspecified atom stereocenters. The highest BCUT2D eigenvalue weighted by atomic mass is 32.1. The minimum absolute atomic E-state index is 0.139. The lowest BCUT2D eigenvalue weighted by atomic mass is 10.1. The summed E-state index contributed by atoms with van der Waals surface area (Å²) >= 11 is 1.72. The molecule has 3 rings (SSSR count). The quantitative estimate of drug-likeness (QED) is 0.716. The van der Waals surface area contributed by atoms with Gasteiger partial charge in [0.1, 0.15) is 0 Å². The van der Waals surface area contributed by atoms with Gasteiger partial charge < -0.3 is 14.8 Å². The molecule has 1 aromatic heterocycles. The van der Waals surface area contributed by atoms with Crippen molar-refractivity contribution in [3.05, 3.63) is 52.0 Å². The second kappa shape index (κ2) is 9.23. The molecule has 2 heterocycles. The summed E-state index contributed by atoms with van der Waals surface area (Å²) in [4.78, 5) is 16.0. The molecule has 26 heavy (non-hydrogen) atoms. The van der Waals surface area contributed by atoms with Crippen molar-refractivity contribution in [1.29, 1.82) is 0 Å². The zero-order valence-corrected chi connectivity index (χ0v) is 15.6. The van der Waals surface area contributed by atoms with Gasteiger partial charge in [0.25, 0.3) is 0 Å². The van der Waals surface area contributed by atoms with Crippen LogP contribution in [0.2, 0.25) is 0 Å². The van der Waals surface area contributed by atoms with E-state index in [-0.39, 0.29) is 24.1 Å². The smallest absolute Gasteiger partial charge is 0.176 e. The third-order valence-electron chi connectivity index (χ3n) is 4.46. The predicted octanol–water partition coefficient (Wildman–Crippen LogP) is 2.74. The van der Waals surface area contributed by atoms with Crippen LogP contribution in [-0.4, -0.2) is 57.2 Å². The summed E-state index contributed by atoms with van der Waals surface area (Å²) in [5.41, 5.74) is 0.342. The number of carbonyl (C=O) groups is 1. The number of thiophene rings is 1. The first-order valence-corrected chi connectivity index (χ1v) is 9.49. The normalized spacial score (nSPS) is 16.4. The van der Waals surface area contributed by atoms with Crippen molar-refractivity contribution in [2.45, 2.75) is 6.04 Å². The number of Topliss-reactive ketones (excluding diaryl/α,β-unsaturated/α-hetero) is 1. The highest BCUT2D eigenvalue weighted by Gasteiger charge is 2.23. The molecule has 0 radical (unpaired) electrons. The summed E-state index contributed by atoms with van der Waals surface area (Å²) in [5, 5.41) is 5.30. The molecule has 1 aliphatic heterocycles. The van der Waals surface area contributed by atoms with Gasteiger partial charge in [-0.2, -0.15) is 0 Å². The molecule has 1 aliphatic rings. The molecule has 140 valence electrons. The molecular formula is C19H23FN2O3S. The van der Waals surface area contributed by atoms with Crippen molar-refractivity contribution in [1.82, 2.24) is 10.2 Å². The Labute approximate surface area is 156 Å². The Morgan fingerprint density at radius 1 is 1.38 bits per heavy atom. The number of methoxy groups -OCH3 is 1. The van der Waals surface area contributed by atoms with Gasteiger partial charge in [0.15, 0.2) is 17.3 Å². The number of benzene rings is 1. The van der Waals surface area contributed by atoms with E-state index in [1.807, 2.05) is 6.07 Å². The standard InChI is InChI=1S/C19H23FN2O3S/c1-24-18-5-4-14(11-15(18)20)17(23)13-21-12-16(19-3-2-10-26-19)22-6-8-25-9-7-22/h2-5,10-11,16,21H,6-9,12-13H2,1H3. The highest BCUT2D eigenvalue weighted by molar-refractivity contribution is 7.10. The molecule has 1 aromatic carbocycles.